The van der Waals surface area contributed by atoms with E-state index in [1.807, 2.05) is 6.92 Å². The van der Waals surface area contributed by atoms with E-state index in [1.165, 1.54) is 7.11 Å². The lowest BCUT2D eigenvalue weighted by Gasteiger charge is -2.17. The van der Waals surface area contributed by atoms with Crippen molar-refractivity contribution in [3.8, 4) is 5.75 Å². The Morgan fingerprint density at radius 1 is 1.35 bits per heavy atom. The Balaban J connectivity index is 3.07. The first-order chi connectivity index (χ1) is 9.29. The van der Waals surface area contributed by atoms with Crippen LogP contribution < -0.4 is 10.1 Å². The fraction of sp³-hybridized carbons (Fsp3) is 0.429. The second-order valence-electron chi connectivity index (χ2n) is 4.59. The molecule has 0 saturated heterocycles. The molecule has 0 aliphatic carbocycles. The smallest absolute Gasteiger partial charge is 0.337 e. The zero-order valence-electron chi connectivity index (χ0n) is 12.0. The van der Waals surface area contributed by atoms with Gasteiger partial charge in [-0.1, -0.05) is 15.9 Å². The number of methoxy groups -OCH3 is 1. The van der Waals surface area contributed by atoms with Gasteiger partial charge in [0, 0.05) is 6.54 Å². The first-order valence-corrected chi connectivity index (χ1v) is 6.96. The molecule has 0 radical (unpaired) electrons. The molecule has 1 rings (SSSR count). The zero-order chi connectivity index (χ0) is 15.3. The van der Waals surface area contributed by atoms with E-state index in [0.717, 1.165) is 0 Å². The van der Waals surface area contributed by atoms with Crippen LogP contribution >= 0.6 is 15.9 Å². The first-order valence-electron chi connectivity index (χ1n) is 6.17. The molecule has 1 N–H and O–H groups in total. The molecule has 0 unspecified atom stereocenters. The summed E-state index contributed by atoms with van der Waals surface area (Å²) < 4.78 is 9.21. The van der Waals surface area contributed by atoms with Gasteiger partial charge in [0.25, 0.3) is 0 Å². The average Bonchev–Trinajstić information content (AvgIpc) is 2.38. The summed E-state index contributed by atoms with van der Waals surface area (Å²) in [5.74, 6) is -0.484. The van der Waals surface area contributed by atoms with Crippen molar-refractivity contribution in [2.45, 2.75) is 25.1 Å². The quantitative estimate of drug-likeness (QED) is 0.505. The van der Waals surface area contributed by atoms with Crippen molar-refractivity contribution in [1.82, 2.24) is 0 Å². The van der Waals surface area contributed by atoms with E-state index in [-0.39, 0.29) is 0 Å². The SMILES string of the molecule is CCNc1cc(C(=O)OC)ccc1OC(=O)C(C)(C)Br. The molecule has 0 fully saturated rings. The van der Waals surface area contributed by atoms with Crippen LogP contribution in [-0.4, -0.2) is 29.9 Å². The number of nitrogens with one attached hydrogen (secondary N) is 1. The molecule has 0 aromatic heterocycles. The van der Waals surface area contributed by atoms with Gasteiger partial charge in [0.2, 0.25) is 0 Å². The van der Waals surface area contributed by atoms with Crippen molar-refractivity contribution in [2.75, 3.05) is 19.0 Å². The van der Waals surface area contributed by atoms with Gasteiger partial charge in [-0.2, -0.15) is 0 Å². The summed E-state index contributed by atoms with van der Waals surface area (Å²) in [4.78, 5) is 23.4. The molecule has 0 aliphatic heterocycles. The number of esters is 2. The van der Waals surface area contributed by atoms with Gasteiger partial charge in [0.15, 0.2) is 5.75 Å². The molecule has 5 nitrogen and oxygen atoms in total. The summed E-state index contributed by atoms with van der Waals surface area (Å²) in [5.41, 5.74) is 0.960. The largest absolute Gasteiger partial charge is 0.465 e. The van der Waals surface area contributed by atoms with E-state index in [0.29, 0.717) is 23.5 Å². The Morgan fingerprint density at radius 2 is 2.00 bits per heavy atom. The van der Waals surface area contributed by atoms with Crippen molar-refractivity contribution in [1.29, 1.82) is 0 Å². The van der Waals surface area contributed by atoms with Gasteiger partial charge in [-0.15, -0.1) is 0 Å². The van der Waals surface area contributed by atoms with Crippen molar-refractivity contribution in [2.24, 2.45) is 0 Å². The molecule has 20 heavy (non-hydrogen) atoms. The Morgan fingerprint density at radius 3 is 2.50 bits per heavy atom. The van der Waals surface area contributed by atoms with Crippen molar-refractivity contribution >= 4 is 33.6 Å². The van der Waals surface area contributed by atoms with E-state index in [1.54, 1.807) is 32.0 Å². The highest BCUT2D eigenvalue weighted by Gasteiger charge is 2.27. The zero-order valence-corrected chi connectivity index (χ0v) is 13.5. The summed E-state index contributed by atoms with van der Waals surface area (Å²) in [6, 6.07) is 4.72. The van der Waals surface area contributed by atoms with Crippen molar-refractivity contribution < 1.29 is 19.1 Å². The van der Waals surface area contributed by atoms with Crippen LogP contribution in [0, 0.1) is 0 Å². The lowest BCUT2D eigenvalue weighted by Crippen LogP contribution is -2.29. The first kappa shape index (κ1) is 16.5. The van der Waals surface area contributed by atoms with Crippen LogP contribution in [0.1, 0.15) is 31.1 Å². The van der Waals surface area contributed by atoms with Gasteiger partial charge in [0.1, 0.15) is 4.32 Å². The molecular weight excluding hydrogens is 326 g/mol. The second-order valence-corrected chi connectivity index (χ2v) is 6.58. The number of benzene rings is 1. The van der Waals surface area contributed by atoms with Crippen LogP contribution in [0.25, 0.3) is 0 Å². The molecule has 0 spiro atoms. The maximum Gasteiger partial charge on any atom is 0.337 e. The molecule has 1 aromatic rings. The Labute approximate surface area is 126 Å². The van der Waals surface area contributed by atoms with E-state index >= 15 is 0 Å². The highest BCUT2D eigenvalue weighted by Crippen LogP contribution is 2.28. The molecule has 0 atom stereocenters. The van der Waals surface area contributed by atoms with Crippen molar-refractivity contribution in [3.05, 3.63) is 23.8 Å². The van der Waals surface area contributed by atoms with Gasteiger partial charge in [-0.25, -0.2) is 4.79 Å². The molecule has 0 saturated carbocycles. The highest BCUT2D eigenvalue weighted by atomic mass is 79.9. The minimum Gasteiger partial charge on any atom is -0.465 e. The lowest BCUT2D eigenvalue weighted by atomic mass is 10.1. The Kier molecular flexibility index (Phi) is 5.56. The molecular formula is C14H18BrNO4. The number of hydrogen-bond acceptors (Lipinski definition) is 5. The van der Waals surface area contributed by atoms with Gasteiger partial charge in [0.05, 0.1) is 18.4 Å². The summed E-state index contributed by atoms with van der Waals surface area (Å²) in [6.07, 6.45) is 0. The van der Waals surface area contributed by atoms with Gasteiger partial charge < -0.3 is 14.8 Å². The number of anilines is 1. The summed E-state index contributed by atoms with van der Waals surface area (Å²) in [6.45, 7) is 5.94. The average molecular weight is 344 g/mol. The fourth-order valence-corrected chi connectivity index (χ4v) is 1.49. The van der Waals surface area contributed by atoms with Crippen LogP contribution in [0.5, 0.6) is 5.75 Å². The van der Waals surface area contributed by atoms with Crippen LogP contribution in [0.4, 0.5) is 5.69 Å². The molecule has 110 valence electrons. The number of carbonyl (C=O) groups excluding carboxylic acids is 2. The number of hydrogen-bond donors (Lipinski definition) is 1. The van der Waals surface area contributed by atoms with Crippen molar-refractivity contribution in [3.63, 3.8) is 0 Å². The number of carbonyl (C=O) groups is 2. The minimum atomic E-state index is -0.780. The number of halogens is 1. The van der Waals surface area contributed by atoms with E-state index in [2.05, 4.69) is 26.0 Å². The monoisotopic (exact) mass is 343 g/mol. The number of rotatable bonds is 5. The molecule has 0 bridgehead atoms. The van der Waals surface area contributed by atoms with E-state index in [4.69, 9.17) is 4.74 Å². The molecule has 1 aromatic carbocycles. The molecule has 0 amide bonds. The van der Waals surface area contributed by atoms with Gasteiger partial charge in [-0.05, 0) is 39.0 Å². The predicted octanol–water partition coefficient (Wildman–Crippen LogP) is 2.98. The maximum atomic E-state index is 11.9. The molecule has 6 heteroatoms. The Bertz CT molecular complexity index is 508. The minimum absolute atomic E-state index is 0.372. The third kappa shape index (κ3) is 4.23. The maximum absolute atomic E-state index is 11.9. The van der Waals surface area contributed by atoms with E-state index in [9.17, 15) is 9.59 Å². The van der Waals surface area contributed by atoms with Crippen LogP contribution in [0.3, 0.4) is 0 Å². The van der Waals surface area contributed by atoms with Crippen LogP contribution in [0.2, 0.25) is 0 Å². The van der Waals surface area contributed by atoms with E-state index < -0.39 is 16.3 Å². The lowest BCUT2D eigenvalue weighted by molar-refractivity contribution is -0.135. The van der Waals surface area contributed by atoms with Gasteiger partial charge >= 0.3 is 11.9 Å². The number of ether oxygens (including phenoxy) is 2. The predicted molar refractivity (Wildman–Crippen MR) is 80.6 cm³/mol. The standard InChI is InChI=1S/C14H18BrNO4/c1-5-16-10-8-9(12(17)19-4)6-7-11(10)20-13(18)14(2,3)15/h6-8,16H,5H2,1-4H3. The molecule has 0 heterocycles. The Hall–Kier alpha value is -1.56. The third-order valence-electron chi connectivity index (χ3n) is 2.46. The molecule has 0 aliphatic rings. The normalized spacial score (nSPS) is 10.8. The summed E-state index contributed by atoms with van der Waals surface area (Å²) in [5, 5.41) is 3.05. The summed E-state index contributed by atoms with van der Waals surface area (Å²) >= 11 is 3.24. The van der Waals surface area contributed by atoms with Crippen LogP contribution in [-0.2, 0) is 9.53 Å². The van der Waals surface area contributed by atoms with Gasteiger partial charge in [-0.3, -0.25) is 4.79 Å². The number of alkyl halides is 1. The fourth-order valence-electron chi connectivity index (χ4n) is 1.41. The highest BCUT2D eigenvalue weighted by molar-refractivity contribution is 9.10. The third-order valence-corrected chi connectivity index (χ3v) is 2.78. The van der Waals surface area contributed by atoms with Crippen LogP contribution in [0.15, 0.2) is 18.2 Å². The second kappa shape index (κ2) is 6.74. The topological polar surface area (TPSA) is 64.6 Å². The summed E-state index contributed by atoms with van der Waals surface area (Å²) in [7, 11) is 1.32.